The molecule has 0 bridgehead atoms. The van der Waals surface area contributed by atoms with Crippen LogP contribution in [0.4, 0.5) is 0 Å². The van der Waals surface area contributed by atoms with Gasteiger partial charge in [-0.05, 0) is 18.9 Å². The second-order valence-corrected chi connectivity index (χ2v) is 2.53. The van der Waals surface area contributed by atoms with E-state index in [4.69, 9.17) is 5.73 Å². The van der Waals surface area contributed by atoms with Crippen LogP contribution >= 0.6 is 0 Å². The molecule has 2 atom stereocenters. The summed E-state index contributed by atoms with van der Waals surface area (Å²) < 4.78 is 0. The molecule has 2 heteroatoms. The van der Waals surface area contributed by atoms with Gasteiger partial charge in [-0.1, -0.05) is 20.3 Å². The Labute approximate surface area is 57.1 Å². The monoisotopic (exact) mass is 131 g/mol. The molecule has 0 spiro atoms. The van der Waals surface area contributed by atoms with E-state index in [0.717, 1.165) is 12.8 Å². The van der Waals surface area contributed by atoms with Crippen molar-refractivity contribution in [1.82, 2.24) is 0 Å². The Morgan fingerprint density at radius 3 is 2.44 bits per heavy atom. The lowest BCUT2D eigenvalue weighted by atomic mass is 10.00. The topological polar surface area (TPSA) is 46.2 Å². The lowest BCUT2D eigenvalue weighted by Crippen LogP contribution is -2.20. The summed E-state index contributed by atoms with van der Waals surface area (Å²) in [4.78, 5) is 0. The molecule has 0 saturated heterocycles. The fourth-order valence-electron chi connectivity index (χ4n) is 0.727. The van der Waals surface area contributed by atoms with Crippen LogP contribution in [-0.4, -0.2) is 17.8 Å². The summed E-state index contributed by atoms with van der Waals surface area (Å²) in [6.45, 7) is 4.70. The fourth-order valence-corrected chi connectivity index (χ4v) is 0.727. The predicted octanol–water partition coefficient (Wildman–Crippen LogP) is 0.742. The molecule has 0 aliphatic rings. The summed E-state index contributed by atoms with van der Waals surface area (Å²) in [5.74, 6) is 0.397. The molecule has 56 valence electrons. The summed E-state index contributed by atoms with van der Waals surface area (Å²) in [6.07, 6.45) is 1.57. The Kier molecular flexibility index (Phi) is 4.72. The molecular formula is C7H17NO. The van der Waals surface area contributed by atoms with Crippen LogP contribution in [0.2, 0.25) is 0 Å². The quantitative estimate of drug-likeness (QED) is 0.591. The minimum Gasteiger partial charge on any atom is -0.393 e. The Hall–Kier alpha value is -0.0800. The molecule has 0 radical (unpaired) electrons. The SMILES string of the molecule is CCC(C)[C@H](O)CCN. The molecular weight excluding hydrogens is 114 g/mol. The van der Waals surface area contributed by atoms with Crippen molar-refractivity contribution in [3.63, 3.8) is 0 Å². The first-order chi connectivity index (χ1) is 4.22. The van der Waals surface area contributed by atoms with E-state index in [-0.39, 0.29) is 6.10 Å². The van der Waals surface area contributed by atoms with Gasteiger partial charge in [0, 0.05) is 0 Å². The zero-order valence-electron chi connectivity index (χ0n) is 6.30. The van der Waals surface area contributed by atoms with Crippen LogP contribution in [0.5, 0.6) is 0 Å². The van der Waals surface area contributed by atoms with E-state index in [1.54, 1.807) is 0 Å². The number of rotatable bonds is 4. The van der Waals surface area contributed by atoms with Crippen LogP contribution in [0.3, 0.4) is 0 Å². The Balaban J connectivity index is 3.32. The number of hydrogen-bond acceptors (Lipinski definition) is 2. The van der Waals surface area contributed by atoms with E-state index < -0.39 is 0 Å². The predicted molar refractivity (Wildman–Crippen MR) is 39.1 cm³/mol. The minimum atomic E-state index is -0.194. The molecule has 0 heterocycles. The molecule has 0 aromatic carbocycles. The smallest absolute Gasteiger partial charge is 0.0577 e. The number of nitrogens with two attached hydrogens (primary N) is 1. The van der Waals surface area contributed by atoms with Crippen LogP contribution in [-0.2, 0) is 0 Å². The molecule has 0 aliphatic heterocycles. The van der Waals surface area contributed by atoms with Crippen LogP contribution in [0.15, 0.2) is 0 Å². The normalized spacial score (nSPS) is 17.3. The molecule has 1 unspecified atom stereocenters. The first-order valence-corrected chi connectivity index (χ1v) is 3.60. The van der Waals surface area contributed by atoms with Crippen molar-refractivity contribution in [3.05, 3.63) is 0 Å². The molecule has 9 heavy (non-hydrogen) atoms. The van der Waals surface area contributed by atoms with Crippen LogP contribution in [0.25, 0.3) is 0 Å². The third kappa shape index (κ3) is 3.49. The van der Waals surface area contributed by atoms with Gasteiger partial charge in [-0.2, -0.15) is 0 Å². The van der Waals surface area contributed by atoms with Gasteiger partial charge in [0.25, 0.3) is 0 Å². The Morgan fingerprint density at radius 2 is 2.11 bits per heavy atom. The second-order valence-electron chi connectivity index (χ2n) is 2.53. The highest BCUT2D eigenvalue weighted by Crippen LogP contribution is 2.08. The van der Waals surface area contributed by atoms with Gasteiger partial charge in [-0.15, -0.1) is 0 Å². The molecule has 0 saturated carbocycles. The highest BCUT2D eigenvalue weighted by atomic mass is 16.3. The summed E-state index contributed by atoms with van der Waals surface area (Å²) in [7, 11) is 0. The summed E-state index contributed by atoms with van der Waals surface area (Å²) in [5, 5.41) is 9.24. The lowest BCUT2D eigenvalue weighted by Gasteiger charge is -2.15. The molecule has 2 nitrogen and oxygen atoms in total. The van der Waals surface area contributed by atoms with E-state index in [1.165, 1.54) is 0 Å². The Bertz CT molecular complexity index is 65.9. The third-order valence-corrected chi connectivity index (χ3v) is 1.76. The van der Waals surface area contributed by atoms with Gasteiger partial charge in [0.1, 0.15) is 0 Å². The average Bonchev–Trinajstić information content (AvgIpc) is 1.87. The van der Waals surface area contributed by atoms with E-state index in [9.17, 15) is 5.11 Å². The van der Waals surface area contributed by atoms with Gasteiger partial charge in [0.05, 0.1) is 6.10 Å². The maximum atomic E-state index is 9.24. The van der Waals surface area contributed by atoms with Gasteiger partial charge in [0.15, 0.2) is 0 Å². The van der Waals surface area contributed by atoms with Gasteiger partial charge < -0.3 is 10.8 Å². The van der Waals surface area contributed by atoms with Crippen molar-refractivity contribution in [3.8, 4) is 0 Å². The zero-order valence-corrected chi connectivity index (χ0v) is 6.30. The first-order valence-electron chi connectivity index (χ1n) is 3.60. The van der Waals surface area contributed by atoms with Crippen molar-refractivity contribution in [1.29, 1.82) is 0 Å². The summed E-state index contributed by atoms with van der Waals surface area (Å²) in [6, 6.07) is 0. The molecule has 0 fully saturated rings. The van der Waals surface area contributed by atoms with Crippen molar-refractivity contribution in [2.24, 2.45) is 11.7 Å². The van der Waals surface area contributed by atoms with Gasteiger partial charge in [-0.3, -0.25) is 0 Å². The minimum absolute atomic E-state index is 0.194. The van der Waals surface area contributed by atoms with Gasteiger partial charge in [0.2, 0.25) is 0 Å². The van der Waals surface area contributed by atoms with Crippen molar-refractivity contribution < 1.29 is 5.11 Å². The maximum Gasteiger partial charge on any atom is 0.0577 e. The van der Waals surface area contributed by atoms with E-state index in [2.05, 4.69) is 6.92 Å². The van der Waals surface area contributed by atoms with Crippen LogP contribution in [0, 0.1) is 5.92 Å². The van der Waals surface area contributed by atoms with Gasteiger partial charge >= 0.3 is 0 Å². The number of aliphatic hydroxyl groups excluding tert-OH is 1. The summed E-state index contributed by atoms with van der Waals surface area (Å²) in [5.41, 5.74) is 5.26. The standard InChI is InChI=1S/C7H17NO/c1-3-6(2)7(9)4-5-8/h6-7,9H,3-5,8H2,1-2H3/t6?,7-/m1/s1. The maximum absolute atomic E-state index is 9.24. The number of aliphatic hydroxyl groups is 1. The molecule has 0 rings (SSSR count). The van der Waals surface area contributed by atoms with E-state index in [0.29, 0.717) is 12.5 Å². The zero-order chi connectivity index (χ0) is 7.28. The van der Waals surface area contributed by atoms with Crippen LogP contribution < -0.4 is 5.73 Å². The third-order valence-electron chi connectivity index (χ3n) is 1.76. The van der Waals surface area contributed by atoms with Crippen molar-refractivity contribution >= 4 is 0 Å². The van der Waals surface area contributed by atoms with Crippen LogP contribution in [0.1, 0.15) is 26.7 Å². The molecule has 3 N–H and O–H groups in total. The van der Waals surface area contributed by atoms with Crippen molar-refractivity contribution in [2.75, 3.05) is 6.54 Å². The number of hydrogen-bond donors (Lipinski definition) is 2. The van der Waals surface area contributed by atoms with E-state index >= 15 is 0 Å². The molecule has 0 amide bonds. The van der Waals surface area contributed by atoms with Gasteiger partial charge in [-0.25, -0.2) is 0 Å². The molecule has 0 aromatic rings. The fraction of sp³-hybridized carbons (Fsp3) is 1.00. The molecule has 0 aromatic heterocycles. The highest BCUT2D eigenvalue weighted by molar-refractivity contribution is 4.62. The van der Waals surface area contributed by atoms with Crippen molar-refractivity contribution in [2.45, 2.75) is 32.8 Å². The second kappa shape index (κ2) is 4.77. The largest absolute Gasteiger partial charge is 0.393 e. The van der Waals surface area contributed by atoms with E-state index in [1.807, 2.05) is 6.92 Å². The highest BCUT2D eigenvalue weighted by Gasteiger charge is 2.09. The first kappa shape index (κ1) is 8.92. The lowest BCUT2D eigenvalue weighted by molar-refractivity contribution is 0.108. The average molecular weight is 131 g/mol. The Morgan fingerprint density at radius 1 is 1.56 bits per heavy atom. The summed E-state index contributed by atoms with van der Waals surface area (Å²) >= 11 is 0. The molecule has 0 aliphatic carbocycles.